The number of amides is 2. The largest absolute Gasteiger partial charge is 0.316 e. The lowest BCUT2D eigenvalue weighted by Gasteiger charge is -2.20. The standard InChI is InChI=1S/C17H17ClN2O2/c1-12(21)19(2)13-8-10-14(11-9-13)20(3)17(22)15-6-4-5-7-16(15)18/h4-11H,1-3H3. The van der Waals surface area contributed by atoms with Crippen molar-refractivity contribution in [1.29, 1.82) is 0 Å². The third kappa shape index (κ3) is 3.28. The zero-order valence-corrected chi connectivity index (χ0v) is 13.5. The number of hydrogen-bond acceptors (Lipinski definition) is 2. The number of anilines is 2. The first-order valence-corrected chi connectivity index (χ1v) is 7.16. The lowest BCUT2D eigenvalue weighted by atomic mass is 10.2. The summed E-state index contributed by atoms with van der Waals surface area (Å²) >= 11 is 6.06. The second-order valence-electron chi connectivity index (χ2n) is 4.94. The van der Waals surface area contributed by atoms with Crippen molar-refractivity contribution >= 4 is 34.8 Å². The summed E-state index contributed by atoms with van der Waals surface area (Å²) in [5.41, 5.74) is 1.96. The Hall–Kier alpha value is -2.33. The molecule has 0 N–H and O–H groups in total. The highest BCUT2D eigenvalue weighted by Gasteiger charge is 2.16. The van der Waals surface area contributed by atoms with Gasteiger partial charge in [-0.25, -0.2) is 0 Å². The third-order valence-corrected chi connectivity index (χ3v) is 3.84. The number of hydrogen-bond donors (Lipinski definition) is 0. The number of carbonyl (C=O) groups is 2. The number of benzene rings is 2. The monoisotopic (exact) mass is 316 g/mol. The Bertz CT molecular complexity index is 698. The Labute approximate surface area is 134 Å². The number of nitrogens with zero attached hydrogens (tertiary/aromatic N) is 2. The maximum Gasteiger partial charge on any atom is 0.259 e. The van der Waals surface area contributed by atoms with Gasteiger partial charge in [-0.3, -0.25) is 9.59 Å². The van der Waals surface area contributed by atoms with Gasteiger partial charge in [0.2, 0.25) is 5.91 Å². The van der Waals surface area contributed by atoms with Crippen LogP contribution in [0.3, 0.4) is 0 Å². The average molecular weight is 317 g/mol. The molecule has 22 heavy (non-hydrogen) atoms. The summed E-state index contributed by atoms with van der Waals surface area (Å²) in [5.74, 6) is -0.230. The molecule has 114 valence electrons. The fourth-order valence-electron chi connectivity index (χ4n) is 2.01. The zero-order chi connectivity index (χ0) is 16.3. The minimum Gasteiger partial charge on any atom is -0.316 e. The van der Waals surface area contributed by atoms with Crippen LogP contribution in [0.2, 0.25) is 5.02 Å². The maximum absolute atomic E-state index is 12.5. The summed E-state index contributed by atoms with van der Waals surface area (Å²) in [5, 5.41) is 0.423. The third-order valence-electron chi connectivity index (χ3n) is 3.51. The van der Waals surface area contributed by atoms with Crippen LogP contribution in [0.15, 0.2) is 48.5 Å². The minimum atomic E-state index is -0.182. The van der Waals surface area contributed by atoms with E-state index >= 15 is 0 Å². The summed E-state index contributed by atoms with van der Waals surface area (Å²) in [4.78, 5) is 26.9. The molecule has 0 unspecified atom stereocenters. The van der Waals surface area contributed by atoms with Crippen molar-refractivity contribution in [3.8, 4) is 0 Å². The molecule has 0 aliphatic rings. The zero-order valence-electron chi connectivity index (χ0n) is 12.7. The molecule has 0 heterocycles. The predicted molar refractivity (Wildman–Crippen MR) is 89.7 cm³/mol. The van der Waals surface area contributed by atoms with Crippen LogP contribution < -0.4 is 9.80 Å². The van der Waals surface area contributed by atoms with Gasteiger partial charge < -0.3 is 9.80 Å². The lowest BCUT2D eigenvalue weighted by molar-refractivity contribution is -0.116. The summed E-state index contributed by atoms with van der Waals surface area (Å²) < 4.78 is 0. The van der Waals surface area contributed by atoms with Gasteiger partial charge in [-0.05, 0) is 36.4 Å². The van der Waals surface area contributed by atoms with Crippen molar-refractivity contribution in [3.63, 3.8) is 0 Å². The van der Waals surface area contributed by atoms with Gasteiger partial charge in [0.15, 0.2) is 0 Å². The van der Waals surface area contributed by atoms with E-state index in [0.29, 0.717) is 10.6 Å². The summed E-state index contributed by atoms with van der Waals surface area (Å²) in [7, 11) is 3.39. The highest BCUT2D eigenvalue weighted by molar-refractivity contribution is 6.34. The molecule has 0 atom stereocenters. The minimum absolute atomic E-state index is 0.0479. The van der Waals surface area contributed by atoms with E-state index in [0.717, 1.165) is 11.4 Å². The van der Waals surface area contributed by atoms with Crippen molar-refractivity contribution < 1.29 is 9.59 Å². The van der Waals surface area contributed by atoms with Crippen molar-refractivity contribution in [3.05, 3.63) is 59.1 Å². The van der Waals surface area contributed by atoms with Crippen LogP contribution in [0.25, 0.3) is 0 Å². The van der Waals surface area contributed by atoms with Gasteiger partial charge >= 0.3 is 0 Å². The van der Waals surface area contributed by atoms with Crippen molar-refractivity contribution in [1.82, 2.24) is 0 Å². The topological polar surface area (TPSA) is 40.6 Å². The maximum atomic E-state index is 12.5. The Balaban J connectivity index is 2.23. The summed E-state index contributed by atoms with van der Waals surface area (Å²) in [6, 6.07) is 14.1. The quantitative estimate of drug-likeness (QED) is 0.868. The fourth-order valence-corrected chi connectivity index (χ4v) is 2.23. The molecule has 2 amide bonds. The molecule has 0 aliphatic heterocycles. The molecule has 0 fully saturated rings. The fraction of sp³-hybridized carbons (Fsp3) is 0.176. The molecule has 0 spiro atoms. The van der Waals surface area contributed by atoms with E-state index in [9.17, 15) is 9.59 Å². The van der Waals surface area contributed by atoms with E-state index in [1.165, 1.54) is 11.8 Å². The first-order valence-electron chi connectivity index (χ1n) is 6.78. The molecule has 5 heteroatoms. The van der Waals surface area contributed by atoms with Gasteiger partial charge in [-0.1, -0.05) is 23.7 Å². The highest BCUT2D eigenvalue weighted by atomic mass is 35.5. The van der Waals surface area contributed by atoms with Crippen LogP contribution in [0.4, 0.5) is 11.4 Å². The normalized spacial score (nSPS) is 10.2. The van der Waals surface area contributed by atoms with Crippen LogP contribution in [-0.4, -0.2) is 25.9 Å². The van der Waals surface area contributed by atoms with E-state index in [1.54, 1.807) is 67.5 Å². The van der Waals surface area contributed by atoms with E-state index in [2.05, 4.69) is 0 Å². The van der Waals surface area contributed by atoms with E-state index in [4.69, 9.17) is 11.6 Å². The Morgan fingerprint density at radius 2 is 1.36 bits per heavy atom. The van der Waals surface area contributed by atoms with Gasteiger partial charge in [0.1, 0.15) is 0 Å². The second kappa shape index (κ2) is 6.62. The van der Waals surface area contributed by atoms with Gasteiger partial charge in [-0.2, -0.15) is 0 Å². The molecule has 0 saturated heterocycles. The lowest BCUT2D eigenvalue weighted by Crippen LogP contribution is -2.27. The van der Waals surface area contributed by atoms with Gasteiger partial charge in [-0.15, -0.1) is 0 Å². The first-order chi connectivity index (χ1) is 10.4. The van der Waals surface area contributed by atoms with E-state index in [-0.39, 0.29) is 11.8 Å². The summed E-state index contributed by atoms with van der Waals surface area (Å²) in [6.07, 6.45) is 0. The van der Waals surface area contributed by atoms with Crippen LogP contribution in [0, 0.1) is 0 Å². The Morgan fingerprint density at radius 3 is 1.86 bits per heavy atom. The van der Waals surface area contributed by atoms with Crippen LogP contribution >= 0.6 is 11.6 Å². The number of rotatable bonds is 3. The van der Waals surface area contributed by atoms with Gasteiger partial charge in [0.25, 0.3) is 5.91 Å². The van der Waals surface area contributed by atoms with Crippen LogP contribution in [0.5, 0.6) is 0 Å². The molecule has 0 aliphatic carbocycles. The van der Waals surface area contributed by atoms with Crippen molar-refractivity contribution in [2.75, 3.05) is 23.9 Å². The highest BCUT2D eigenvalue weighted by Crippen LogP contribution is 2.23. The molecular weight excluding hydrogens is 300 g/mol. The second-order valence-corrected chi connectivity index (χ2v) is 5.35. The molecule has 2 aromatic rings. The molecule has 0 aromatic heterocycles. The Kier molecular flexibility index (Phi) is 4.83. The molecular formula is C17H17ClN2O2. The summed E-state index contributed by atoms with van der Waals surface area (Å²) in [6.45, 7) is 1.50. The van der Waals surface area contributed by atoms with Crippen molar-refractivity contribution in [2.24, 2.45) is 0 Å². The SMILES string of the molecule is CC(=O)N(C)c1ccc(N(C)C(=O)c2ccccc2Cl)cc1. The van der Waals surface area contributed by atoms with E-state index in [1.807, 2.05) is 0 Å². The molecule has 2 rings (SSSR count). The van der Waals surface area contributed by atoms with E-state index < -0.39 is 0 Å². The number of carbonyl (C=O) groups excluding carboxylic acids is 2. The van der Waals surface area contributed by atoms with Crippen LogP contribution in [0.1, 0.15) is 17.3 Å². The molecule has 2 aromatic carbocycles. The van der Waals surface area contributed by atoms with Crippen LogP contribution in [-0.2, 0) is 4.79 Å². The molecule has 0 saturated carbocycles. The molecule has 0 bridgehead atoms. The molecule has 4 nitrogen and oxygen atoms in total. The Morgan fingerprint density at radius 1 is 0.864 bits per heavy atom. The number of halogens is 1. The smallest absolute Gasteiger partial charge is 0.259 e. The van der Waals surface area contributed by atoms with Crippen molar-refractivity contribution in [2.45, 2.75) is 6.92 Å². The first kappa shape index (κ1) is 16.0. The van der Waals surface area contributed by atoms with Gasteiger partial charge in [0, 0.05) is 32.4 Å². The predicted octanol–water partition coefficient (Wildman–Crippen LogP) is 3.60. The average Bonchev–Trinajstić information content (AvgIpc) is 2.53. The van der Waals surface area contributed by atoms with Gasteiger partial charge in [0.05, 0.1) is 10.6 Å². The molecule has 0 radical (unpaired) electrons.